The fraction of sp³-hybridized carbons (Fsp3) is 1.00. The highest BCUT2D eigenvalue weighted by molar-refractivity contribution is 6.74. The maximum Gasteiger partial charge on any atom is 0.192 e. The molecular formula is C11H25NO2Si. The molecule has 1 fully saturated rings. The van der Waals surface area contributed by atoms with Gasteiger partial charge in [-0.05, 0) is 18.1 Å². The van der Waals surface area contributed by atoms with Crippen molar-refractivity contribution in [3.05, 3.63) is 0 Å². The normalized spacial score (nSPS) is 29.2. The Morgan fingerprint density at radius 2 is 1.87 bits per heavy atom. The first-order valence-corrected chi connectivity index (χ1v) is 8.70. The molecule has 1 aliphatic heterocycles. The van der Waals surface area contributed by atoms with E-state index >= 15 is 0 Å². The summed E-state index contributed by atoms with van der Waals surface area (Å²) >= 11 is 0. The third-order valence-corrected chi connectivity index (χ3v) is 8.09. The Labute approximate surface area is 94.3 Å². The SMILES string of the molecule is CC(C)(C)[Si](C)(C)O[C@H]1CNC[C@H](O)C1. The molecule has 2 N–H and O–H groups in total. The lowest BCUT2D eigenvalue weighted by atomic mass is 10.1. The predicted molar refractivity (Wildman–Crippen MR) is 65.6 cm³/mol. The van der Waals surface area contributed by atoms with Crippen LogP contribution < -0.4 is 5.32 Å². The Morgan fingerprint density at radius 3 is 2.33 bits per heavy atom. The molecule has 0 aromatic heterocycles. The molecule has 15 heavy (non-hydrogen) atoms. The van der Waals surface area contributed by atoms with Gasteiger partial charge in [-0.2, -0.15) is 0 Å². The molecule has 0 amide bonds. The summed E-state index contributed by atoms with van der Waals surface area (Å²) in [6.07, 6.45) is 0.725. The van der Waals surface area contributed by atoms with Crippen LogP contribution in [0.25, 0.3) is 0 Å². The zero-order chi connectivity index (χ0) is 11.7. The summed E-state index contributed by atoms with van der Waals surface area (Å²) in [5, 5.41) is 13.0. The maximum atomic E-state index is 9.55. The highest BCUT2D eigenvalue weighted by Crippen LogP contribution is 2.37. The summed E-state index contributed by atoms with van der Waals surface area (Å²) in [5.74, 6) is 0. The summed E-state index contributed by atoms with van der Waals surface area (Å²) in [7, 11) is -1.67. The number of β-amino-alcohol motifs (C(OH)–C–C–N with tert-alkyl or cyclic N) is 1. The monoisotopic (exact) mass is 231 g/mol. The number of hydrogen-bond acceptors (Lipinski definition) is 3. The van der Waals surface area contributed by atoms with E-state index in [0.29, 0.717) is 6.54 Å². The number of nitrogens with one attached hydrogen (secondary N) is 1. The summed E-state index contributed by atoms with van der Waals surface area (Å²) in [5.41, 5.74) is 0. The van der Waals surface area contributed by atoms with Crippen LogP contribution >= 0.6 is 0 Å². The van der Waals surface area contributed by atoms with Crippen LogP contribution in [0.2, 0.25) is 18.1 Å². The van der Waals surface area contributed by atoms with Crippen molar-refractivity contribution >= 4 is 8.32 Å². The highest BCUT2D eigenvalue weighted by atomic mass is 28.4. The number of piperidine rings is 1. The van der Waals surface area contributed by atoms with Crippen LogP contribution in [0.4, 0.5) is 0 Å². The van der Waals surface area contributed by atoms with Crippen LogP contribution in [0.1, 0.15) is 27.2 Å². The minimum Gasteiger partial charge on any atom is -0.413 e. The van der Waals surface area contributed by atoms with E-state index in [1.54, 1.807) is 0 Å². The van der Waals surface area contributed by atoms with E-state index in [4.69, 9.17) is 4.43 Å². The van der Waals surface area contributed by atoms with Gasteiger partial charge in [-0.25, -0.2) is 0 Å². The minimum absolute atomic E-state index is 0.189. The summed E-state index contributed by atoms with van der Waals surface area (Å²) in [6, 6.07) is 0. The van der Waals surface area contributed by atoms with E-state index < -0.39 is 8.32 Å². The maximum absolute atomic E-state index is 9.55. The van der Waals surface area contributed by atoms with Crippen molar-refractivity contribution in [2.24, 2.45) is 0 Å². The standard InChI is InChI=1S/C11H25NO2Si/c1-11(2,3)15(4,5)14-10-6-9(13)7-12-8-10/h9-10,12-13H,6-8H2,1-5H3/t9-,10-/m1/s1. The Kier molecular flexibility index (Phi) is 3.98. The van der Waals surface area contributed by atoms with Gasteiger partial charge in [-0.1, -0.05) is 20.8 Å². The summed E-state index contributed by atoms with van der Waals surface area (Å²) in [4.78, 5) is 0. The molecule has 4 heteroatoms. The molecule has 0 aliphatic carbocycles. The van der Waals surface area contributed by atoms with Crippen LogP contribution in [0, 0.1) is 0 Å². The quantitative estimate of drug-likeness (QED) is 0.711. The number of rotatable bonds is 2. The van der Waals surface area contributed by atoms with Gasteiger partial charge in [0.1, 0.15) is 0 Å². The molecule has 1 aliphatic rings. The van der Waals surface area contributed by atoms with E-state index in [0.717, 1.165) is 13.0 Å². The minimum atomic E-state index is -1.67. The van der Waals surface area contributed by atoms with Gasteiger partial charge in [-0.15, -0.1) is 0 Å². The molecule has 1 heterocycles. The van der Waals surface area contributed by atoms with Gasteiger partial charge >= 0.3 is 0 Å². The van der Waals surface area contributed by atoms with Gasteiger partial charge in [0, 0.05) is 19.5 Å². The van der Waals surface area contributed by atoms with Crippen molar-refractivity contribution in [3.8, 4) is 0 Å². The van der Waals surface area contributed by atoms with Gasteiger partial charge in [0.2, 0.25) is 0 Å². The molecule has 0 unspecified atom stereocenters. The van der Waals surface area contributed by atoms with Gasteiger partial charge in [0.05, 0.1) is 12.2 Å². The smallest absolute Gasteiger partial charge is 0.192 e. The van der Waals surface area contributed by atoms with E-state index in [-0.39, 0.29) is 17.2 Å². The molecule has 0 spiro atoms. The highest BCUT2D eigenvalue weighted by Gasteiger charge is 2.39. The molecule has 2 atom stereocenters. The molecule has 0 bridgehead atoms. The predicted octanol–water partition coefficient (Wildman–Crippen LogP) is 1.73. The van der Waals surface area contributed by atoms with Gasteiger partial charge in [0.15, 0.2) is 8.32 Å². The lowest BCUT2D eigenvalue weighted by Gasteiger charge is -2.41. The van der Waals surface area contributed by atoms with Gasteiger partial charge in [0.25, 0.3) is 0 Å². The van der Waals surface area contributed by atoms with Crippen molar-refractivity contribution in [3.63, 3.8) is 0 Å². The van der Waals surface area contributed by atoms with Crippen molar-refractivity contribution < 1.29 is 9.53 Å². The lowest BCUT2D eigenvalue weighted by Crippen LogP contribution is -2.51. The average molecular weight is 231 g/mol. The molecule has 0 radical (unpaired) electrons. The lowest BCUT2D eigenvalue weighted by molar-refractivity contribution is 0.0586. The van der Waals surface area contributed by atoms with E-state index in [2.05, 4.69) is 39.2 Å². The molecular weight excluding hydrogens is 206 g/mol. The summed E-state index contributed by atoms with van der Waals surface area (Å²) < 4.78 is 6.23. The molecule has 0 saturated carbocycles. The second kappa shape index (κ2) is 4.53. The summed E-state index contributed by atoms with van der Waals surface area (Å²) in [6.45, 7) is 12.8. The molecule has 1 saturated heterocycles. The zero-order valence-electron chi connectivity index (χ0n) is 10.6. The Morgan fingerprint density at radius 1 is 1.27 bits per heavy atom. The molecule has 3 nitrogen and oxygen atoms in total. The second-order valence-electron chi connectivity index (χ2n) is 6.05. The van der Waals surface area contributed by atoms with E-state index in [1.807, 2.05) is 0 Å². The number of hydrogen-bond donors (Lipinski definition) is 2. The third-order valence-electron chi connectivity index (χ3n) is 3.55. The molecule has 0 aromatic carbocycles. The zero-order valence-corrected chi connectivity index (χ0v) is 11.6. The van der Waals surface area contributed by atoms with E-state index in [1.165, 1.54) is 0 Å². The first-order valence-electron chi connectivity index (χ1n) is 5.79. The second-order valence-corrected chi connectivity index (χ2v) is 10.8. The van der Waals surface area contributed by atoms with Crippen molar-refractivity contribution in [1.82, 2.24) is 5.32 Å². The molecule has 90 valence electrons. The number of aliphatic hydroxyl groups excluding tert-OH is 1. The first kappa shape index (κ1) is 13.2. The van der Waals surface area contributed by atoms with E-state index in [9.17, 15) is 5.11 Å². The number of aliphatic hydroxyl groups is 1. The van der Waals surface area contributed by atoms with Crippen molar-refractivity contribution in [2.75, 3.05) is 13.1 Å². The van der Waals surface area contributed by atoms with Crippen LogP contribution in [0.3, 0.4) is 0 Å². The fourth-order valence-electron chi connectivity index (χ4n) is 1.56. The average Bonchev–Trinajstić information content (AvgIpc) is 2.00. The third kappa shape index (κ3) is 3.55. The van der Waals surface area contributed by atoms with Crippen molar-refractivity contribution in [1.29, 1.82) is 0 Å². The van der Waals surface area contributed by atoms with Gasteiger partial charge < -0.3 is 14.8 Å². The largest absolute Gasteiger partial charge is 0.413 e. The van der Waals surface area contributed by atoms with Crippen LogP contribution in [-0.4, -0.2) is 38.7 Å². The van der Waals surface area contributed by atoms with Crippen LogP contribution in [0.15, 0.2) is 0 Å². The first-order chi connectivity index (χ1) is 6.72. The topological polar surface area (TPSA) is 41.5 Å². The Bertz CT molecular complexity index is 213. The fourth-order valence-corrected chi connectivity index (χ4v) is 2.93. The molecule has 1 rings (SSSR count). The molecule has 0 aromatic rings. The van der Waals surface area contributed by atoms with Gasteiger partial charge in [-0.3, -0.25) is 0 Å². The Hall–Kier alpha value is 0.0969. The Balaban J connectivity index is 2.53. The van der Waals surface area contributed by atoms with Crippen LogP contribution in [0.5, 0.6) is 0 Å². The van der Waals surface area contributed by atoms with Crippen LogP contribution in [-0.2, 0) is 4.43 Å². The van der Waals surface area contributed by atoms with Crippen molar-refractivity contribution in [2.45, 2.75) is 57.5 Å².